The summed E-state index contributed by atoms with van der Waals surface area (Å²) in [5.41, 5.74) is 4.86. The van der Waals surface area contributed by atoms with Gasteiger partial charge in [0.25, 0.3) is 0 Å². The van der Waals surface area contributed by atoms with Crippen LogP contribution in [0.5, 0.6) is 11.5 Å². The number of hydrogen-bond donors (Lipinski definition) is 2. The second kappa shape index (κ2) is 18.9. The van der Waals surface area contributed by atoms with Crippen LogP contribution in [-0.4, -0.2) is 54.2 Å². The van der Waals surface area contributed by atoms with Gasteiger partial charge in [0.1, 0.15) is 11.6 Å². The normalized spacial score (nSPS) is 13.1. The van der Waals surface area contributed by atoms with Gasteiger partial charge in [0.15, 0.2) is 11.5 Å². The van der Waals surface area contributed by atoms with Crippen LogP contribution in [0.2, 0.25) is 0 Å². The highest BCUT2D eigenvalue weighted by Gasteiger charge is 2.37. The van der Waals surface area contributed by atoms with Gasteiger partial charge in [-0.2, -0.15) is 0 Å². The molecule has 0 saturated carbocycles. The minimum Gasteiger partial charge on any atom is -0.480 e. The minimum atomic E-state index is -1.81. The molecule has 232 valence electrons. The van der Waals surface area contributed by atoms with Crippen molar-refractivity contribution >= 4 is 24.2 Å². The molecule has 1 unspecified atom stereocenters. The Morgan fingerprint density at radius 2 is 1.44 bits per heavy atom. The number of carboxylic acid groups (broad SMARTS) is 1. The Hall–Kier alpha value is -3.34. The zero-order chi connectivity index (χ0) is 30.8. The number of nitrogens with two attached hydrogens (primary N) is 1. The zero-order valence-corrected chi connectivity index (χ0v) is 25.1. The highest BCUT2D eigenvalue weighted by Crippen LogP contribution is 2.31. The van der Waals surface area contributed by atoms with E-state index in [0.29, 0.717) is 30.7 Å². The Balaban J connectivity index is 3.07. The van der Waals surface area contributed by atoms with Gasteiger partial charge in [-0.05, 0) is 49.8 Å². The zero-order valence-electron chi connectivity index (χ0n) is 25.1. The third-order valence-electron chi connectivity index (χ3n) is 6.19. The first-order valence-electron chi connectivity index (χ1n) is 14.4. The maximum absolute atomic E-state index is 12.3. The van der Waals surface area contributed by atoms with Crippen LogP contribution in [0.1, 0.15) is 98.0 Å². The first kappa shape index (κ1) is 35.7. The summed E-state index contributed by atoms with van der Waals surface area (Å²) in [6.45, 7) is 9.93. The van der Waals surface area contributed by atoms with E-state index in [9.17, 15) is 24.3 Å². The van der Waals surface area contributed by atoms with Crippen LogP contribution < -0.4 is 15.2 Å². The largest absolute Gasteiger partial charge is 0.513 e. The Morgan fingerprint density at radius 3 is 1.95 bits per heavy atom. The van der Waals surface area contributed by atoms with Gasteiger partial charge in [-0.15, -0.1) is 0 Å². The van der Waals surface area contributed by atoms with Crippen molar-refractivity contribution in [2.24, 2.45) is 11.7 Å². The SMILES string of the molecule is CCCCCOC(=O)Oc1ccc(CC(N)(C[C@H](C)OC(=O)CCC(C)C)C(=O)O)cc1OC(=O)OCCCCC. The van der Waals surface area contributed by atoms with Gasteiger partial charge >= 0.3 is 24.2 Å². The maximum atomic E-state index is 12.3. The molecule has 0 saturated heterocycles. The number of carbonyl (C=O) groups excluding carboxylic acids is 3. The molecule has 1 aromatic carbocycles. The van der Waals surface area contributed by atoms with Crippen LogP contribution in [-0.2, 0) is 30.2 Å². The van der Waals surface area contributed by atoms with Gasteiger partial charge in [-0.25, -0.2) is 9.59 Å². The topological polar surface area (TPSA) is 161 Å². The van der Waals surface area contributed by atoms with Gasteiger partial charge in [-0.1, -0.05) is 59.4 Å². The van der Waals surface area contributed by atoms with E-state index in [2.05, 4.69) is 0 Å². The Labute approximate surface area is 243 Å². The van der Waals surface area contributed by atoms with Gasteiger partial charge in [0.2, 0.25) is 0 Å². The maximum Gasteiger partial charge on any atom is 0.513 e. The van der Waals surface area contributed by atoms with Gasteiger partial charge in [0, 0.05) is 19.3 Å². The standard InChI is InChI=1S/C30H47NO10/c1-6-8-10-16-37-28(35)40-24-14-13-23(18-25(24)41-29(36)38-17-11-9-7-2)20-30(31,27(33)34)19-22(5)39-26(32)15-12-21(3)4/h13-14,18,21-22H,6-12,15-17,19-20,31H2,1-5H3,(H,33,34)/t22-,30?/m0/s1. The van der Waals surface area contributed by atoms with E-state index in [-0.39, 0.29) is 44.0 Å². The number of hydrogen-bond acceptors (Lipinski definition) is 10. The molecule has 1 rings (SSSR count). The van der Waals surface area contributed by atoms with Crippen molar-refractivity contribution in [1.29, 1.82) is 0 Å². The lowest BCUT2D eigenvalue weighted by atomic mass is 9.86. The smallest absolute Gasteiger partial charge is 0.480 e. The monoisotopic (exact) mass is 581 g/mol. The van der Waals surface area contributed by atoms with Crippen molar-refractivity contribution in [3.8, 4) is 11.5 Å². The quantitative estimate of drug-likeness (QED) is 0.0830. The second-order valence-electron chi connectivity index (χ2n) is 10.7. The molecular weight excluding hydrogens is 534 g/mol. The highest BCUT2D eigenvalue weighted by molar-refractivity contribution is 5.79. The fourth-order valence-electron chi connectivity index (χ4n) is 3.92. The van der Waals surface area contributed by atoms with E-state index in [1.807, 2.05) is 27.7 Å². The number of rotatable bonds is 19. The van der Waals surface area contributed by atoms with Crippen molar-refractivity contribution in [3.63, 3.8) is 0 Å². The summed E-state index contributed by atoms with van der Waals surface area (Å²) < 4.78 is 26.1. The van der Waals surface area contributed by atoms with Gasteiger partial charge < -0.3 is 34.5 Å². The van der Waals surface area contributed by atoms with Crippen LogP contribution >= 0.6 is 0 Å². The van der Waals surface area contributed by atoms with Crippen molar-refractivity contribution < 1.29 is 48.0 Å². The van der Waals surface area contributed by atoms with Crippen molar-refractivity contribution in [1.82, 2.24) is 0 Å². The molecular formula is C30H47NO10. The number of ether oxygens (including phenoxy) is 5. The Morgan fingerprint density at radius 1 is 0.878 bits per heavy atom. The average Bonchev–Trinajstić information content (AvgIpc) is 2.89. The molecule has 3 N–H and O–H groups in total. The lowest BCUT2D eigenvalue weighted by Gasteiger charge is -2.28. The molecule has 2 atom stereocenters. The van der Waals surface area contributed by atoms with Crippen LogP contribution in [0.4, 0.5) is 9.59 Å². The van der Waals surface area contributed by atoms with Crippen LogP contribution in [0.15, 0.2) is 18.2 Å². The highest BCUT2D eigenvalue weighted by atomic mass is 16.7. The summed E-state index contributed by atoms with van der Waals surface area (Å²) in [7, 11) is 0. The molecule has 0 fully saturated rings. The molecule has 0 radical (unpaired) electrons. The summed E-state index contributed by atoms with van der Waals surface area (Å²) in [5, 5.41) is 9.95. The summed E-state index contributed by atoms with van der Waals surface area (Å²) in [6.07, 6.45) is 2.80. The van der Waals surface area contributed by atoms with Crippen molar-refractivity contribution in [3.05, 3.63) is 23.8 Å². The average molecular weight is 582 g/mol. The van der Waals surface area contributed by atoms with Crippen LogP contribution in [0, 0.1) is 5.92 Å². The molecule has 0 heterocycles. The molecule has 0 aliphatic carbocycles. The lowest BCUT2D eigenvalue weighted by molar-refractivity contribution is -0.153. The minimum absolute atomic E-state index is 0.106. The van der Waals surface area contributed by atoms with E-state index in [0.717, 1.165) is 25.7 Å². The molecule has 11 nitrogen and oxygen atoms in total. The number of esters is 1. The van der Waals surface area contributed by atoms with E-state index < -0.39 is 35.9 Å². The molecule has 0 aromatic heterocycles. The van der Waals surface area contributed by atoms with Gasteiger partial charge in [-0.3, -0.25) is 9.59 Å². The molecule has 0 aliphatic rings. The third-order valence-corrected chi connectivity index (χ3v) is 6.19. The van der Waals surface area contributed by atoms with Gasteiger partial charge in [0.05, 0.1) is 13.2 Å². The number of unbranched alkanes of at least 4 members (excludes halogenated alkanes) is 4. The summed E-state index contributed by atoms with van der Waals surface area (Å²) >= 11 is 0. The summed E-state index contributed by atoms with van der Waals surface area (Å²) in [6, 6.07) is 4.22. The molecule has 0 aliphatic heterocycles. The second-order valence-corrected chi connectivity index (χ2v) is 10.7. The lowest BCUT2D eigenvalue weighted by Crippen LogP contribution is -2.52. The first-order chi connectivity index (χ1) is 19.4. The van der Waals surface area contributed by atoms with E-state index in [1.54, 1.807) is 6.92 Å². The number of carboxylic acids is 1. The third kappa shape index (κ3) is 14.7. The molecule has 41 heavy (non-hydrogen) atoms. The van der Waals surface area contributed by atoms with E-state index in [4.69, 9.17) is 29.4 Å². The molecule has 0 spiro atoms. The van der Waals surface area contributed by atoms with E-state index >= 15 is 0 Å². The number of benzene rings is 1. The number of aliphatic carboxylic acids is 1. The number of carbonyl (C=O) groups is 4. The van der Waals surface area contributed by atoms with Crippen molar-refractivity contribution in [2.75, 3.05) is 13.2 Å². The summed E-state index contributed by atoms with van der Waals surface area (Å²) in [4.78, 5) is 48.9. The predicted octanol–water partition coefficient (Wildman–Crippen LogP) is 6.18. The fraction of sp³-hybridized carbons (Fsp3) is 0.667. The molecule has 1 aromatic rings. The molecule has 0 amide bonds. The van der Waals surface area contributed by atoms with Crippen LogP contribution in [0.3, 0.4) is 0 Å². The first-order valence-corrected chi connectivity index (χ1v) is 14.4. The van der Waals surface area contributed by atoms with E-state index in [1.165, 1.54) is 18.2 Å². The predicted molar refractivity (Wildman–Crippen MR) is 152 cm³/mol. The Kier molecular flexibility index (Phi) is 16.5. The molecule has 11 heteroatoms. The fourth-order valence-corrected chi connectivity index (χ4v) is 3.92. The Bertz CT molecular complexity index is 980. The van der Waals surface area contributed by atoms with Crippen LogP contribution in [0.25, 0.3) is 0 Å². The van der Waals surface area contributed by atoms with Crippen molar-refractivity contribution in [2.45, 2.75) is 110 Å². The molecule has 0 bridgehead atoms. The summed E-state index contributed by atoms with van der Waals surface area (Å²) in [5.74, 6) is -1.66.